The van der Waals surface area contributed by atoms with Crippen LogP contribution < -0.4 is 10.4 Å². The van der Waals surface area contributed by atoms with E-state index in [0.29, 0.717) is 0 Å². The second-order valence-electron chi connectivity index (χ2n) is 4.16. The summed E-state index contributed by atoms with van der Waals surface area (Å²) < 4.78 is 0. The Kier molecular flexibility index (Phi) is 1.80. The third-order valence-corrected chi connectivity index (χ3v) is 3.31. The molecule has 1 aromatic rings. The van der Waals surface area contributed by atoms with Crippen molar-refractivity contribution in [2.45, 2.75) is 19.3 Å². The third-order valence-electron chi connectivity index (χ3n) is 3.31. The first-order valence-corrected chi connectivity index (χ1v) is 5.41. The van der Waals surface area contributed by atoms with Crippen LogP contribution in [0.15, 0.2) is 36.4 Å². The Balaban J connectivity index is 2.37. The van der Waals surface area contributed by atoms with E-state index in [2.05, 4.69) is 42.5 Å². The van der Waals surface area contributed by atoms with Gasteiger partial charge in [-0.15, -0.1) is 0 Å². The molecule has 0 amide bonds. The van der Waals surface area contributed by atoms with Crippen LogP contribution in [0.3, 0.4) is 0 Å². The molecule has 2 aliphatic carbocycles. The highest BCUT2D eigenvalue weighted by atomic mass is 14.2. The molecule has 0 heterocycles. The lowest BCUT2D eigenvalue weighted by Crippen LogP contribution is -2.32. The van der Waals surface area contributed by atoms with Gasteiger partial charge in [-0.3, -0.25) is 0 Å². The van der Waals surface area contributed by atoms with E-state index in [1.807, 2.05) is 0 Å². The van der Waals surface area contributed by atoms with Crippen molar-refractivity contribution in [3.05, 3.63) is 46.9 Å². The molecule has 0 saturated heterocycles. The highest BCUT2D eigenvalue weighted by Crippen LogP contribution is 2.28. The van der Waals surface area contributed by atoms with Crippen LogP contribution in [0, 0.1) is 5.92 Å². The monoisotopic (exact) mass is 182 g/mol. The Morgan fingerprint density at radius 3 is 3.07 bits per heavy atom. The van der Waals surface area contributed by atoms with Crippen LogP contribution in [0.4, 0.5) is 0 Å². The summed E-state index contributed by atoms with van der Waals surface area (Å²) in [5, 5.41) is 2.88. The first kappa shape index (κ1) is 8.05. The lowest BCUT2D eigenvalue weighted by atomic mass is 9.82. The largest absolute Gasteiger partial charge is 0.0842 e. The van der Waals surface area contributed by atoms with Crippen LogP contribution in [0.2, 0.25) is 0 Å². The first-order chi connectivity index (χ1) is 6.95. The highest BCUT2D eigenvalue weighted by Gasteiger charge is 2.17. The summed E-state index contributed by atoms with van der Waals surface area (Å²) in [5.41, 5.74) is 1.56. The smallest absolute Gasteiger partial charge is 0.0118 e. The zero-order valence-corrected chi connectivity index (χ0v) is 8.24. The van der Waals surface area contributed by atoms with E-state index in [9.17, 15) is 0 Å². The molecule has 1 atom stereocenters. The van der Waals surface area contributed by atoms with Gasteiger partial charge >= 0.3 is 0 Å². The summed E-state index contributed by atoms with van der Waals surface area (Å²) in [6.07, 6.45) is 10.9. The van der Waals surface area contributed by atoms with Gasteiger partial charge in [0, 0.05) is 0 Å². The number of rotatable bonds is 0. The van der Waals surface area contributed by atoms with Crippen LogP contribution >= 0.6 is 0 Å². The van der Waals surface area contributed by atoms with E-state index in [-0.39, 0.29) is 0 Å². The summed E-state index contributed by atoms with van der Waals surface area (Å²) in [6, 6.07) is 8.75. The second kappa shape index (κ2) is 3.13. The average molecular weight is 182 g/mol. The van der Waals surface area contributed by atoms with Crippen molar-refractivity contribution in [1.82, 2.24) is 0 Å². The van der Waals surface area contributed by atoms with Crippen molar-refractivity contribution in [2.24, 2.45) is 5.92 Å². The van der Waals surface area contributed by atoms with Crippen molar-refractivity contribution in [3.8, 4) is 0 Å². The topological polar surface area (TPSA) is 0 Å². The van der Waals surface area contributed by atoms with Crippen molar-refractivity contribution < 1.29 is 0 Å². The number of benzene rings is 1. The Bertz CT molecular complexity index is 491. The zero-order chi connectivity index (χ0) is 9.38. The van der Waals surface area contributed by atoms with Gasteiger partial charge in [0.1, 0.15) is 0 Å². The van der Waals surface area contributed by atoms with Crippen molar-refractivity contribution in [1.29, 1.82) is 0 Å². The minimum Gasteiger partial charge on any atom is -0.0842 e. The molecule has 0 fully saturated rings. The van der Waals surface area contributed by atoms with Gasteiger partial charge in [0.05, 0.1) is 0 Å². The summed E-state index contributed by atoms with van der Waals surface area (Å²) in [5.74, 6) is 0.787. The number of allylic oxidation sites excluding steroid dienone is 2. The molecule has 0 aliphatic heterocycles. The summed E-state index contributed by atoms with van der Waals surface area (Å²) in [4.78, 5) is 0. The predicted octanol–water partition coefficient (Wildman–Crippen LogP) is 1.99. The van der Waals surface area contributed by atoms with E-state index in [0.717, 1.165) is 5.92 Å². The molecule has 3 rings (SSSR count). The SMILES string of the molecule is C1=CC2=c3ccccc3=CCC2CC1. The van der Waals surface area contributed by atoms with Gasteiger partial charge in [-0.2, -0.15) is 0 Å². The molecular formula is C14H14. The van der Waals surface area contributed by atoms with E-state index >= 15 is 0 Å². The molecule has 0 saturated carbocycles. The molecule has 0 nitrogen and oxygen atoms in total. The molecular weight excluding hydrogens is 168 g/mol. The van der Waals surface area contributed by atoms with E-state index in [1.54, 1.807) is 5.57 Å². The molecule has 0 heteroatoms. The fourth-order valence-corrected chi connectivity index (χ4v) is 2.56. The molecule has 2 aliphatic rings. The van der Waals surface area contributed by atoms with Gasteiger partial charge in [-0.1, -0.05) is 42.5 Å². The molecule has 0 aromatic heterocycles. The van der Waals surface area contributed by atoms with Gasteiger partial charge in [0.25, 0.3) is 0 Å². The van der Waals surface area contributed by atoms with Crippen LogP contribution in [0.1, 0.15) is 19.3 Å². The maximum atomic E-state index is 2.39. The van der Waals surface area contributed by atoms with E-state index < -0.39 is 0 Å². The molecule has 1 unspecified atom stereocenters. The maximum absolute atomic E-state index is 2.39. The second-order valence-corrected chi connectivity index (χ2v) is 4.16. The molecule has 14 heavy (non-hydrogen) atoms. The molecule has 1 aromatic carbocycles. The summed E-state index contributed by atoms with van der Waals surface area (Å²) in [6.45, 7) is 0. The van der Waals surface area contributed by atoms with Crippen LogP contribution in [-0.2, 0) is 0 Å². The van der Waals surface area contributed by atoms with Crippen molar-refractivity contribution >= 4 is 11.6 Å². The van der Waals surface area contributed by atoms with Crippen LogP contribution in [0.5, 0.6) is 0 Å². The predicted molar refractivity (Wildman–Crippen MR) is 60.0 cm³/mol. The Morgan fingerprint density at radius 2 is 2.07 bits per heavy atom. The molecule has 70 valence electrons. The summed E-state index contributed by atoms with van der Waals surface area (Å²) >= 11 is 0. The first-order valence-electron chi connectivity index (χ1n) is 5.41. The van der Waals surface area contributed by atoms with Crippen molar-refractivity contribution in [2.75, 3.05) is 0 Å². The number of hydrogen-bond acceptors (Lipinski definition) is 0. The van der Waals surface area contributed by atoms with Gasteiger partial charge in [0.2, 0.25) is 0 Å². The van der Waals surface area contributed by atoms with Gasteiger partial charge in [-0.05, 0) is 41.2 Å². The minimum absolute atomic E-state index is 0.787. The highest BCUT2D eigenvalue weighted by molar-refractivity contribution is 5.63. The zero-order valence-electron chi connectivity index (χ0n) is 8.24. The summed E-state index contributed by atoms with van der Waals surface area (Å²) in [7, 11) is 0. The quantitative estimate of drug-likeness (QED) is 0.575. The van der Waals surface area contributed by atoms with Gasteiger partial charge in [0.15, 0.2) is 0 Å². The minimum atomic E-state index is 0.787. The van der Waals surface area contributed by atoms with Crippen LogP contribution in [0.25, 0.3) is 11.6 Å². The number of hydrogen-bond donors (Lipinski definition) is 0. The lowest BCUT2D eigenvalue weighted by molar-refractivity contribution is 0.619. The van der Waals surface area contributed by atoms with Crippen LogP contribution in [-0.4, -0.2) is 0 Å². The standard InChI is InChI=1S/C14H14/c1-3-7-13-11(5-1)9-10-12-6-2-4-8-14(12)13/h1,3-5,7-9,12H,2,6,10H2. The number of fused-ring (bicyclic) bond motifs is 2. The fraction of sp³-hybridized carbons (Fsp3) is 0.286. The Morgan fingerprint density at radius 1 is 1.14 bits per heavy atom. The Labute approximate surface area is 84.3 Å². The fourth-order valence-electron chi connectivity index (χ4n) is 2.56. The average Bonchev–Trinajstić information content (AvgIpc) is 2.29. The lowest BCUT2D eigenvalue weighted by Gasteiger charge is -2.22. The molecule has 0 bridgehead atoms. The van der Waals surface area contributed by atoms with Gasteiger partial charge < -0.3 is 0 Å². The molecule has 0 radical (unpaired) electrons. The molecule has 0 spiro atoms. The third kappa shape index (κ3) is 1.14. The molecule has 0 N–H and O–H groups in total. The Hall–Kier alpha value is -1.30. The normalized spacial score (nSPS) is 23.7. The maximum Gasteiger partial charge on any atom is -0.0118 e. The van der Waals surface area contributed by atoms with E-state index in [1.165, 1.54) is 29.7 Å². The van der Waals surface area contributed by atoms with Crippen molar-refractivity contribution in [3.63, 3.8) is 0 Å². The van der Waals surface area contributed by atoms with Gasteiger partial charge in [-0.25, -0.2) is 0 Å². The van der Waals surface area contributed by atoms with E-state index in [4.69, 9.17) is 0 Å².